The molecule has 0 saturated carbocycles. The number of halogens is 1. The Balaban J connectivity index is 1.63. The second-order valence-corrected chi connectivity index (χ2v) is 9.98. The normalized spacial score (nSPS) is 17.8. The molecule has 0 aromatic carbocycles. The SMILES string of the molecule is CC(C)CS(=O)(=O)N1CCC(Cn2ccc3cc(Br)cnc32)CC1. The molecule has 1 aliphatic heterocycles. The quantitative estimate of drug-likeness (QED) is 0.753. The van der Waals surface area contributed by atoms with Crippen LogP contribution in [0.4, 0.5) is 0 Å². The van der Waals surface area contributed by atoms with Crippen molar-refractivity contribution in [3.8, 4) is 0 Å². The maximum Gasteiger partial charge on any atom is 0.214 e. The molecular weight excluding hydrogens is 390 g/mol. The summed E-state index contributed by atoms with van der Waals surface area (Å²) < 4.78 is 29.5. The fourth-order valence-corrected chi connectivity index (χ4v) is 5.54. The van der Waals surface area contributed by atoms with Crippen molar-refractivity contribution in [2.24, 2.45) is 11.8 Å². The molecule has 1 saturated heterocycles. The molecule has 0 atom stereocenters. The molecule has 0 amide bonds. The van der Waals surface area contributed by atoms with E-state index < -0.39 is 10.0 Å². The Kier molecular flexibility index (Phi) is 5.32. The van der Waals surface area contributed by atoms with Gasteiger partial charge in [0.2, 0.25) is 10.0 Å². The lowest BCUT2D eigenvalue weighted by molar-refractivity contribution is 0.254. The van der Waals surface area contributed by atoms with E-state index in [-0.39, 0.29) is 11.7 Å². The first-order valence-corrected chi connectivity index (χ1v) is 10.8. The van der Waals surface area contributed by atoms with Gasteiger partial charge in [0.1, 0.15) is 5.65 Å². The molecule has 3 rings (SSSR count). The minimum absolute atomic E-state index is 0.171. The first-order chi connectivity index (χ1) is 11.3. The fraction of sp³-hybridized carbons (Fsp3) is 0.588. The van der Waals surface area contributed by atoms with Crippen LogP contribution in [0.25, 0.3) is 11.0 Å². The van der Waals surface area contributed by atoms with E-state index in [4.69, 9.17) is 0 Å². The average Bonchev–Trinajstić information content (AvgIpc) is 2.88. The van der Waals surface area contributed by atoms with Crippen LogP contribution in [0.15, 0.2) is 29.0 Å². The van der Waals surface area contributed by atoms with E-state index in [0.717, 1.165) is 34.9 Å². The second-order valence-electron chi connectivity index (χ2n) is 7.05. The molecule has 0 radical (unpaired) electrons. The zero-order chi connectivity index (χ0) is 17.3. The van der Waals surface area contributed by atoms with Crippen molar-refractivity contribution in [2.75, 3.05) is 18.8 Å². The zero-order valence-corrected chi connectivity index (χ0v) is 16.6. The van der Waals surface area contributed by atoms with Crippen LogP contribution in [0.5, 0.6) is 0 Å². The highest BCUT2D eigenvalue weighted by Gasteiger charge is 2.28. The smallest absolute Gasteiger partial charge is 0.214 e. The minimum atomic E-state index is -3.10. The van der Waals surface area contributed by atoms with Gasteiger partial charge in [-0.25, -0.2) is 17.7 Å². The average molecular weight is 414 g/mol. The number of piperidine rings is 1. The number of rotatable bonds is 5. The zero-order valence-electron chi connectivity index (χ0n) is 14.2. The van der Waals surface area contributed by atoms with Crippen LogP contribution >= 0.6 is 15.9 Å². The third-order valence-electron chi connectivity index (χ3n) is 4.53. The molecule has 0 bridgehead atoms. The molecule has 1 fully saturated rings. The van der Waals surface area contributed by atoms with Gasteiger partial charge in [0.05, 0.1) is 5.75 Å². The van der Waals surface area contributed by atoms with E-state index in [1.807, 2.05) is 20.0 Å². The van der Waals surface area contributed by atoms with Crippen LogP contribution in [0, 0.1) is 11.8 Å². The van der Waals surface area contributed by atoms with Crippen molar-refractivity contribution in [1.82, 2.24) is 13.9 Å². The molecule has 24 heavy (non-hydrogen) atoms. The highest BCUT2D eigenvalue weighted by atomic mass is 79.9. The molecule has 2 aromatic heterocycles. The maximum absolute atomic E-state index is 12.3. The predicted octanol–water partition coefficient (Wildman–Crippen LogP) is 3.50. The van der Waals surface area contributed by atoms with Gasteiger partial charge in [-0.1, -0.05) is 13.8 Å². The summed E-state index contributed by atoms with van der Waals surface area (Å²) in [5, 5.41) is 1.13. The molecule has 1 aliphatic rings. The monoisotopic (exact) mass is 413 g/mol. The molecule has 0 spiro atoms. The van der Waals surface area contributed by atoms with Crippen molar-refractivity contribution < 1.29 is 8.42 Å². The summed E-state index contributed by atoms with van der Waals surface area (Å²) in [6.07, 6.45) is 5.72. The van der Waals surface area contributed by atoms with Crippen LogP contribution in [0.1, 0.15) is 26.7 Å². The molecular formula is C17H24BrN3O2S. The van der Waals surface area contributed by atoms with Gasteiger partial charge in [-0.05, 0) is 52.7 Å². The number of hydrogen-bond donors (Lipinski definition) is 0. The number of aromatic nitrogens is 2. The van der Waals surface area contributed by atoms with Crippen molar-refractivity contribution in [2.45, 2.75) is 33.2 Å². The number of pyridine rings is 1. The summed E-state index contributed by atoms with van der Waals surface area (Å²) in [6, 6.07) is 4.15. The van der Waals surface area contributed by atoms with E-state index in [0.29, 0.717) is 19.0 Å². The molecule has 7 heteroatoms. The van der Waals surface area contributed by atoms with E-state index >= 15 is 0 Å². The van der Waals surface area contributed by atoms with Crippen molar-refractivity contribution in [3.05, 3.63) is 29.0 Å². The molecule has 132 valence electrons. The molecule has 5 nitrogen and oxygen atoms in total. The lowest BCUT2D eigenvalue weighted by Gasteiger charge is -2.31. The highest BCUT2D eigenvalue weighted by Crippen LogP contribution is 2.25. The Bertz CT molecular complexity index is 808. The first-order valence-electron chi connectivity index (χ1n) is 8.43. The molecule has 0 unspecified atom stereocenters. The lowest BCUT2D eigenvalue weighted by Crippen LogP contribution is -2.41. The van der Waals surface area contributed by atoms with E-state index in [1.165, 1.54) is 0 Å². The van der Waals surface area contributed by atoms with E-state index in [9.17, 15) is 8.42 Å². The summed E-state index contributed by atoms with van der Waals surface area (Å²) in [5.74, 6) is 0.916. The number of nitrogens with zero attached hydrogens (tertiary/aromatic N) is 3. The van der Waals surface area contributed by atoms with E-state index in [1.54, 1.807) is 4.31 Å². The number of sulfonamides is 1. The molecule has 2 aromatic rings. The standard InChI is InChI=1S/C17H24BrN3O2S/c1-13(2)12-24(22,23)21-7-3-14(4-8-21)11-20-6-5-15-9-16(18)10-19-17(15)20/h5-6,9-10,13-14H,3-4,7-8,11-12H2,1-2H3. The lowest BCUT2D eigenvalue weighted by atomic mass is 9.98. The summed E-state index contributed by atoms with van der Waals surface area (Å²) in [7, 11) is -3.10. The minimum Gasteiger partial charge on any atom is -0.332 e. The molecule has 0 N–H and O–H groups in total. The van der Waals surface area contributed by atoms with Crippen LogP contribution in [0.2, 0.25) is 0 Å². The number of fused-ring (bicyclic) bond motifs is 1. The largest absolute Gasteiger partial charge is 0.332 e. The Morgan fingerprint density at radius 3 is 2.71 bits per heavy atom. The van der Waals surface area contributed by atoms with E-state index in [2.05, 4.69) is 43.8 Å². The molecule has 0 aliphatic carbocycles. The van der Waals surface area contributed by atoms with Crippen LogP contribution < -0.4 is 0 Å². The Hall–Kier alpha value is -0.920. The second kappa shape index (κ2) is 7.14. The van der Waals surface area contributed by atoms with Gasteiger partial charge < -0.3 is 4.57 Å². The van der Waals surface area contributed by atoms with Gasteiger partial charge in [-0.3, -0.25) is 0 Å². The topological polar surface area (TPSA) is 55.2 Å². The van der Waals surface area contributed by atoms with Crippen LogP contribution in [-0.4, -0.2) is 41.1 Å². The summed E-state index contributed by atoms with van der Waals surface area (Å²) >= 11 is 3.45. The third-order valence-corrected chi connectivity index (χ3v) is 7.21. The number of hydrogen-bond acceptors (Lipinski definition) is 3. The Morgan fingerprint density at radius 1 is 1.33 bits per heavy atom. The summed E-state index contributed by atoms with van der Waals surface area (Å²) in [6.45, 7) is 6.08. The summed E-state index contributed by atoms with van der Waals surface area (Å²) in [5.41, 5.74) is 0.994. The predicted molar refractivity (Wildman–Crippen MR) is 100 cm³/mol. The van der Waals surface area contributed by atoms with Gasteiger partial charge >= 0.3 is 0 Å². The van der Waals surface area contributed by atoms with Gasteiger partial charge in [0, 0.05) is 41.9 Å². The molecule has 3 heterocycles. The van der Waals surface area contributed by atoms with Gasteiger partial charge in [-0.2, -0.15) is 0 Å². The fourth-order valence-electron chi connectivity index (χ4n) is 3.37. The van der Waals surface area contributed by atoms with Crippen molar-refractivity contribution >= 4 is 37.0 Å². The highest BCUT2D eigenvalue weighted by molar-refractivity contribution is 9.10. The Labute approximate surface area is 152 Å². The van der Waals surface area contributed by atoms with Crippen molar-refractivity contribution in [1.29, 1.82) is 0 Å². The van der Waals surface area contributed by atoms with Crippen molar-refractivity contribution in [3.63, 3.8) is 0 Å². The summed E-state index contributed by atoms with van der Waals surface area (Å²) in [4.78, 5) is 4.50. The Morgan fingerprint density at radius 2 is 2.04 bits per heavy atom. The van der Waals surface area contributed by atoms with Gasteiger partial charge in [-0.15, -0.1) is 0 Å². The van der Waals surface area contributed by atoms with Crippen LogP contribution in [0.3, 0.4) is 0 Å². The van der Waals surface area contributed by atoms with Crippen LogP contribution in [-0.2, 0) is 16.6 Å². The van der Waals surface area contributed by atoms with Gasteiger partial charge in [0.25, 0.3) is 0 Å². The van der Waals surface area contributed by atoms with Gasteiger partial charge in [0.15, 0.2) is 0 Å². The first kappa shape index (κ1) is 17.9. The third kappa shape index (κ3) is 4.00. The maximum atomic E-state index is 12.3.